The van der Waals surface area contributed by atoms with E-state index in [-0.39, 0.29) is 11.9 Å². The molecule has 1 amide bonds. The predicted octanol–water partition coefficient (Wildman–Crippen LogP) is 6.05. The molecule has 1 saturated heterocycles. The van der Waals surface area contributed by atoms with Gasteiger partial charge in [0.15, 0.2) is 17.3 Å². The maximum Gasteiger partial charge on any atom is 0.291 e. The van der Waals surface area contributed by atoms with Crippen molar-refractivity contribution in [2.24, 2.45) is 11.8 Å². The average Bonchev–Trinajstić information content (AvgIpc) is 3.44. The van der Waals surface area contributed by atoms with Crippen molar-refractivity contribution in [3.05, 3.63) is 63.9 Å². The van der Waals surface area contributed by atoms with E-state index in [1.165, 1.54) is 23.1 Å². The van der Waals surface area contributed by atoms with Crippen LogP contribution >= 0.6 is 11.3 Å². The van der Waals surface area contributed by atoms with Gasteiger partial charge in [-0.15, -0.1) is 11.3 Å². The molecule has 180 valence electrons. The van der Waals surface area contributed by atoms with E-state index in [0.717, 1.165) is 40.7 Å². The van der Waals surface area contributed by atoms with Crippen LogP contribution in [0.25, 0.3) is 0 Å². The number of carbonyl (C=O) groups excluding carboxylic acids is 1. The van der Waals surface area contributed by atoms with Gasteiger partial charge in [0.05, 0.1) is 12.3 Å². The Kier molecular flexibility index (Phi) is 6.40. The van der Waals surface area contributed by atoms with Gasteiger partial charge in [-0.05, 0) is 67.5 Å². The van der Waals surface area contributed by atoms with Crippen LogP contribution in [0.5, 0.6) is 11.5 Å². The molecule has 1 N–H and O–H groups in total. The third-order valence-electron chi connectivity index (χ3n) is 6.82. The van der Waals surface area contributed by atoms with Gasteiger partial charge in [-0.1, -0.05) is 19.9 Å². The number of furan rings is 1. The van der Waals surface area contributed by atoms with E-state index in [1.54, 1.807) is 23.5 Å². The van der Waals surface area contributed by atoms with Crippen LogP contribution < -0.4 is 14.8 Å². The quantitative estimate of drug-likeness (QED) is 0.482. The number of thiophene rings is 1. The molecular formula is C27H32N2O4S. The summed E-state index contributed by atoms with van der Waals surface area (Å²) in [5.74, 6) is 2.87. The summed E-state index contributed by atoms with van der Waals surface area (Å²) in [4.78, 5) is 16.7. The normalized spacial score (nSPS) is 21.3. The van der Waals surface area contributed by atoms with Gasteiger partial charge in [0.1, 0.15) is 18.2 Å². The topological polar surface area (TPSA) is 63.9 Å². The molecular weight excluding hydrogens is 448 g/mol. The Balaban J connectivity index is 1.60. The SMILES string of the molecule is Cc1sc(NC(=O)c2ccco2)c([C@@H](c2ccc3c(c2)OCCO3)N2C[C@H](C)C[C@H](C)C2)c1C. The fourth-order valence-electron chi connectivity index (χ4n) is 5.35. The van der Waals surface area contributed by atoms with Gasteiger partial charge in [0, 0.05) is 23.5 Å². The van der Waals surface area contributed by atoms with Crippen LogP contribution in [0.4, 0.5) is 5.00 Å². The van der Waals surface area contributed by atoms with Crippen LogP contribution in [0.2, 0.25) is 0 Å². The van der Waals surface area contributed by atoms with Crippen LogP contribution in [-0.4, -0.2) is 37.1 Å². The molecule has 0 aliphatic carbocycles. The Labute approximate surface area is 204 Å². The molecule has 2 aliphatic heterocycles. The predicted molar refractivity (Wildman–Crippen MR) is 134 cm³/mol. The van der Waals surface area contributed by atoms with E-state index >= 15 is 0 Å². The zero-order valence-electron chi connectivity index (χ0n) is 20.2. The molecule has 5 rings (SSSR count). The molecule has 2 aliphatic rings. The first-order valence-corrected chi connectivity index (χ1v) is 12.8. The number of piperidine rings is 1. The summed E-state index contributed by atoms with van der Waals surface area (Å²) in [5, 5.41) is 4.03. The molecule has 4 heterocycles. The number of anilines is 1. The molecule has 1 aromatic carbocycles. The highest BCUT2D eigenvalue weighted by Gasteiger charge is 2.34. The molecule has 3 aromatic rings. The lowest BCUT2D eigenvalue weighted by Crippen LogP contribution is -2.41. The molecule has 7 heteroatoms. The molecule has 0 radical (unpaired) electrons. The smallest absolute Gasteiger partial charge is 0.291 e. The average molecular weight is 481 g/mol. The molecule has 34 heavy (non-hydrogen) atoms. The number of nitrogens with zero attached hydrogens (tertiary/aromatic N) is 1. The summed E-state index contributed by atoms with van der Waals surface area (Å²) in [6.45, 7) is 12.1. The lowest BCUT2D eigenvalue weighted by molar-refractivity contribution is 0.0995. The van der Waals surface area contributed by atoms with Gasteiger partial charge in [-0.3, -0.25) is 9.69 Å². The van der Waals surface area contributed by atoms with E-state index in [1.807, 2.05) is 6.07 Å². The Morgan fingerprint density at radius 2 is 1.82 bits per heavy atom. The number of ether oxygens (including phenoxy) is 2. The minimum absolute atomic E-state index is 0.00197. The maximum atomic E-state index is 12.9. The van der Waals surface area contributed by atoms with E-state index in [0.29, 0.717) is 30.8 Å². The number of nitrogens with one attached hydrogen (secondary N) is 1. The number of aryl methyl sites for hydroxylation is 1. The number of fused-ring (bicyclic) bond motifs is 1. The van der Waals surface area contributed by atoms with Crippen molar-refractivity contribution in [2.75, 3.05) is 31.6 Å². The number of hydrogen-bond acceptors (Lipinski definition) is 6. The summed E-state index contributed by atoms with van der Waals surface area (Å²) in [6.07, 6.45) is 2.75. The summed E-state index contributed by atoms with van der Waals surface area (Å²) >= 11 is 1.63. The molecule has 0 unspecified atom stereocenters. The molecule has 3 atom stereocenters. The zero-order valence-corrected chi connectivity index (χ0v) is 21.0. The summed E-state index contributed by atoms with van der Waals surface area (Å²) in [6, 6.07) is 9.70. The van der Waals surface area contributed by atoms with E-state index < -0.39 is 0 Å². The van der Waals surface area contributed by atoms with Crippen LogP contribution in [0.15, 0.2) is 41.0 Å². The van der Waals surface area contributed by atoms with Crippen molar-refractivity contribution in [2.45, 2.75) is 40.2 Å². The van der Waals surface area contributed by atoms with Crippen LogP contribution in [0, 0.1) is 25.7 Å². The number of benzene rings is 1. The Bertz CT molecular complexity index is 1160. The van der Waals surface area contributed by atoms with Crippen LogP contribution in [0.1, 0.15) is 58.4 Å². The van der Waals surface area contributed by atoms with Gasteiger partial charge in [-0.2, -0.15) is 0 Å². The summed E-state index contributed by atoms with van der Waals surface area (Å²) in [7, 11) is 0. The van der Waals surface area contributed by atoms with Crippen molar-refractivity contribution < 1.29 is 18.7 Å². The summed E-state index contributed by atoms with van der Waals surface area (Å²) in [5.41, 5.74) is 3.52. The number of amides is 1. The lowest BCUT2D eigenvalue weighted by atomic mass is 9.87. The largest absolute Gasteiger partial charge is 0.486 e. The highest BCUT2D eigenvalue weighted by molar-refractivity contribution is 7.16. The van der Waals surface area contributed by atoms with Gasteiger partial charge in [0.25, 0.3) is 5.91 Å². The second-order valence-corrected chi connectivity index (χ2v) is 10.9. The molecule has 6 nitrogen and oxygen atoms in total. The van der Waals surface area contributed by atoms with Crippen molar-refractivity contribution >= 4 is 22.2 Å². The second kappa shape index (κ2) is 9.47. The van der Waals surface area contributed by atoms with Crippen molar-refractivity contribution in [1.29, 1.82) is 0 Å². The minimum atomic E-state index is -0.228. The van der Waals surface area contributed by atoms with E-state index in [4.69, 9.17) is 13.9 Å². The molecule has 2 aromatic heterocycles. The number of carbonyl (C=O) groups is 1. The second-order valence-electron chi connectivity index (χ2n) is 9.66. The first-order valence-electron chi connectivity index (χ1n) is 12.0. The standard InChI is InChI=1S/C27H32N2O4S/c1-16-12-17(2)15-29(14-16)25(20-7-8-21-23(13-20)33-11-10-32-21)24-18(3)19(4)34-27(24)28-26(30)22-6-5-9-31-22/h5-9,13,16-17,25H,10-12,14-15H2,1-4H3,(H,28,30)/t16-,17+,25-/m1/s1. The Hall–Kier alpha value is -2.77. The van der Waals surface area contributed by atoms with Crippen LogP contribution in [-0.2, 0) is 0 Å². The summed E-state index contributed by atoms with van der Waals surface area (Å²) < 4.78 is 17.1. The first kappa shape index (κ1) is 23.0. The Morgan fingerprint density at radius 3 is 2.53 bits per heavy atom. The van der Waals surface area contributed by atoms with Crippen LogP contribution in [0.3, 0.4) is 0 Å². The van der Waals surface area contributed by atoms with Gasteiger partial charge < -0.3 is 19.2 Å². The highest BCUT2D eigenvalue weighted by Crippen LogP contribution is 2.45. The number of hydrogen-bond donors (Lipinski definition) is 1. The van der Waals surface area contributed by atoms with Gasteiger partial charge in [-0.25, -0.2) is 0 Å². The molecule has 0 saturated carbocycles. The highest BCUT2D eigenvalue weighted by atomic mass is 32.1. The number of likely N-dealkylation sites (tertiary alicyclic amines) is 1. The molecule has 0 bridgehead atoms. The monoisotopic (exact) mass is 480 g/mol. The van der Waals surface area contributed by atoms with Gasteiger partial charge in [0.2, 0.25) is 0 Å². The molecule has 1 fully saturated rings. The van der Waals surface area contributed by atoms with Crippen molar-refractivity contribution in [3.8, 4) is 11.5 Å². The Morgan fingerprint density at radius 1 is 1.09 bits per heavy atom. The molecule has 0 spiro atoms. The van der Waals surface area contributed by atoms with E-state index in [9.17, 15) is 4.79 Å². The minimum Gasteiger partial charge on any atom is -0.486 e. The van der Waals surface area contributed by atoms with Gasteiger partial charge >= 0.3 is 0 Å². The lowest BCUT2D eigenvalue weighted by Gasteiger charge is -2.41. The van der Waals surface area contributed by atoms with Crippen molar-refractivity contribution in [3.63, 3.8) is 0 Å². The third kappa shape index (κ3) is 4.46. The number of rotatable bonds is 5. The zero-order chi connectivity index (χ0) is 23.8. The maximum absolute atomic E-state index is 12.9. The fraction of sp³-hybridized carbons (Fsp3) is 0.444. The van der Waals surface area contributed by atoms with E-state index in [2.05, 4.69) is 50.0 Å². The van der Waals surface area contributed by atoms with Crippen molar-refractivity contribution in [1.82, 2.24) is 4.90 Å². The first-order chi connectivity index (χ1) is 16.4. The third-order valence-corrected chi connectivity index (χ3v) is 7.96. The fourth-order valence-corrected chi connectivity index (χ4v) is 6.44.